The first-order valence-electron chi connectivity index (χ1n) is 10.3. The maximum Gasteiger partial charge on any atom is 0.247 e. The highest BCUT2D eigenvalue weighted by Crippen LogP contribution is 2.60. The number of hydrogen-bond donors (Lipinski definition) is 2. The first kappa shape index (κ1) is 19.3. The van der Waals surface area contributed by atoms with Crippen LogP contribution in [0.2, 0.25) is 0 Å². The molecule has 4 aliphatic carbocycles. The molecule has 0 saturated heterocycles. The Morgan fingerprint density at radius 1 is 1.00 bits per heavy atom. The third-order valence-electron chi connectivity index (χ3n) is 6.94. The summed E-state index contributed by atoms with van der Waals surface area (Å²) in [7, 11) is 0. The number of nitrogens with one attached hydrogen (secondary N) is 2. The van der Waals surface area contributed by atoms with Crippen molar-refractivity contribution in [3.63, 3.8) is 0 Å². The predicted molar refractivity (Wildman–Crippen MR) is 102 cm³/mol. The standard InChI is InChI=1S/C22H28F2N2O2/c1-12(2)19(20(27)25-16-3-4-17(23)18(24)8-16)26-21(28)22-9-13-5-14(10-22)7-15(6-13)11-22/h3-4,8,12-15,19H,5-7,9-11H2,1-2H3,(H,25,27)(H,26,28)/t13?,14?,15?,19-,22?/m0/s1. The number of rotatable bonds is 5. The molecule has 6 heteroatoms. The third-order valence-corrected chi connectivity index (χ3v) is 6.94. The van der Waals surface area contributed by atoms with Crippen LogP contribution in [0.1, 0.15) is 52.4 Å². The van der Waals surface area contributed by atoms with Crippen molar-refractivity contribution in [3.8, 4) is 0 Å². The van der Waals surface area contributed by atoms with E-state index >= 15 is 0 Å². The molecule has 4 fully saturated rings. The SMILES string of the molecule is CC(C)[C@H](NC(=O)C12CC3CC(CC(C3)C1)C2)C(=O)Nc1ccc(F)c(F)c1. The Morgan fingerprint density at radius 3 is 2.07 bits per heavy atom. The quantitative estimate of drug-likeness (QED) is 0.789. The summed E-state index contributed by atoms with van der Waals surface area (Å²) in [6.07, 6.45) is 6.53. The van der Waals surface area contributed by atoms with E-state index in [9.17, 15) is 18.4 Å². The summed E-state index contributed by atoms with van der Waals surface area (Å²) in [5.74, 6) is -0.584. The minimum absolute atomic E-state index is 0.00858. The number of amides is 2. The van der Waals surface area contributed by atoms with Gasteiger partial charge in [0.15, 0.2) is 11.6 Å². The summed E-state index contributed by atoms with van der Waals surface area (Å²) in [4.78, 5) is 26.0. The first-order chi connectivity index (χ1) is 13.3. The van der Waals surface area contributed by atoms with E-state index in [2.05, 4.69) is 10.6 Å². The smallest absolute Gasteiger partial charge is 0.247 e. The van der Waals surface area contributed by atoms with Gasteiger partial charge in [0.2, 0.25) is 11.8 Å². The van der Waals surface area contributed by atoms with Crippen molar-refractivity contribution in [2.45, 2.75) is 58.4 Å². The predicted octanol–water partition coefficient (Wildman–Crippen LogP) is 4.26. The second-order valence-corrected chi connectivity index (χ2v) is 9.51. The highest BCUT2D eigenvalue weighted by atomic mass is 19.2. The van der Waals surface area contributed by atoms with Crippen molar-refractivity contribution in [1.29, 1.82) is 0 Å². The Hall–Kier alpha value is -1.98. The normalized spacial score (nSPS) is 31.7. The molecule has 0 unspecified atom stereocenters. The van der Waals surface area contributed by atoms with E-state index in [1.807, 2.05) is 13.8 Å². The van der Waals surface area contributed by atoms with E-state index in [1.54, 1.807) is 0 Å². The van der Waals surface area contributed by atoms with Gasteiger partial charge in [0.1, 0.15) is 6.04 Å². The molecule has 0 heterocycles. The maximum atomic E-state index is 13.4. The molecule has 28 heavy (non-hydrogen) atoms. The molecule has 0 aromatic heterocycles. The van der Waals surface area contributed by atoms with Crippen molar-refractivity contribution in [3.05, 3.63) is 29.8 Å². The van der Waals surface area contributed by atoms with E-state index in [0.717, 1.165) is 31.4 Å². The van der Waals surface area contributed by atoms with Crippen LogP contribution in [-0.4, -0.2) is 17.9 Å². The van der Waals surface area contributed by atoms with Gasteiger partial charge in [0.05, 0.1) is 0 Å². The molecular formula is C22H28F2N2O2. The number of anilines is 1. The summed E-state index contributed by atoms with van der Waals surface area (Å²) < 4.78 is 26.5. The first-order valence-corrected chi connectivity index (χ1v) is 10.3. The van der Waals surface area contributed by atoms with Gasteiger partial charge in [-0.05, 0) is 74.3 Å². The highest BCUT2D eigenvalue weighted by molar-refractivity contribution is 5.98. The second kappa shape index (κ2) is 7.12. The minimum Gasteiger partial charge on any atom is -0.344 e. The molecule has 1 aromatic rings. The number of carbonyl (C=O) groups excluding carboxylic acids is 2. The van der Waals surface area contributed by atoms with Crippen LogP contribution >= 0.6 is 0 Å². The molecule has 4 aliphatic rings. The summed E-state index contributed by atoms with van der Waals surface area (Å²) in [5, 5.41) is 5.61. The van der Waals surface area contributed by atoms with Crippen molar-refractivity contribution in [2.24, 2.45) is 29.1 Å². The van der Waals surface area contributed by atoms with Crippen molar-refractivity contribution < 1.29 is 18.4 Å². The highest BCUT2D eigenvalue weighted by Gasteiger charge is 2.55. The van der Waals surface area contributed by atoms with Crippen LogP contribution < -0.4 is 10.6 Å². The largest absolute Gasteiger partial charge is 0.344 e. The van der Waals surface area contributed by atoms with E-state index < -0.39 is 23.6 Å². The molecule has 152 valence electrons. The Balaban J connectivity index is 1.46. The Labute approximate surface area is 164 Å². The summed E-state index contributed by atoms with van der Waals surface area (Å²) in [6.45, 7) is 3.74. The minimum atomic E-state index is -1.02. The van der Waals surface area contributed by atoms with Crippen LogP contribution in [0.5, 0.6) is 0 Å². The zero-order chi connectivity index (χ0) is 20.1. The molecule has 4 saturated carbocycles. The van der Waals surface area contributed by atoms with Gasteiger partial charge in [0.25, 0.3) is 0 Å². The molecule has 2 N–H and O–H groups in total. The van der Waals surface area contributed by atoms with Crippen molar-refractivity contribution >= 4 is 17.5 Å². The van der Waals surface area contributed by atoms with Gasteiger partial charge in [-0.25, -0.2) is 8.78 Å². The topological polar surface area (TPSA) is 58.2 Å². The summed E-state index contributed by atoms with van der Waals surface area (Å²) >= 11 is 0. The lowest BCUT2D eigenvalue weighted by atomic mass is 9.49. The van der Waals surface area contributed by atoms with E-state index in [1.165, 1.54) is 25.3 Å². The van der Waals surface area contributed by atoms with Crippen LogP contribution in [0.25, 0.3) is 0 Å². The second-order valence-electron chi connectivity index (χ2n) is 9.51. The zero-order valence-electron chi connectivity index (χ0n) is 16.4. The van der Waals surface area contributed by atoms with E-state index in [4.69, 9.17) is 0 Å². The average Bonchev–Trinajstić information content (AvgIpc) is 2.61. The van der Waals surface area contributed by atoms with Crippen LogP contribution in [0.4, 0.5) is 14.5 Å². The molecule has 5 rings (SSSR count). The van der Waals surface area contributed by atoms with E-state index in [-0.39, 0.29) is 22.9 Å². The maximum absolute atomic E-state index is 13.4. The molecule has 4 bridgehead atoms. The Morgan fingerprint density at radius 2 is 1.57 bits per heavy atom. The van der Waals surface area contributed by atoms with Crippen LogP contribution in [0.15, 0.2) is 18.2 Å². The number of benzene rings is 1. The average molecular weight is 390 g/mol. The van der Waals surface area contributed by atoms with Crippen LogP contribution in [0, 0.1) is 40.7 Å². The van der Waals surface area contributed by atoms with E-state index in [0.29, 0.717) is 17.8 Å². The Kier molecular flexibility index (Phi) is 4.92. The van der Waals surface area contributed by atoms with Crippen molar-refractivity contribution in [2.75, 3.05) is 5.32 Å². The van der Waals surface area contributed by atoms with Gasteiger partial charge in [0, 0.05) is 17.2 Å². The summed E-state index contributed by atoms with van der Waals surface area (Å²) in [5.41, 5.74) is -0.150. The zero-order valence-corrected chi connectivity index (χ0v) is 16.4. The monoisotopic (exact) mass is 390 g/mol. The molecule has 4 nitrogen and oxygen atoms in total. The molecule has 0 radical (unpaired) electrons. The molecule has 0 spiro atoms. The van der Waals surface area contributed by atoms with Crippen LogP contribution in [0.3, 0.4) is 0 Å². The molecule has 1 atom stereocenters. The fourth-order valence-corrected chi connectivity index (χ4v) is 6.01. The molecule has 0 aliphatic heterocycles. The lowest BCUT2D eigenvalue weighted by Gasteiger charge is -2.55. The Bertz CT molecular complexity index is 757. The third kappa shape index (κ3) is 3.53. The van der Waals surface area contributed by atoms with Crippen LogP contribution in [-0.2, 0) is 9.59 Å². The van der Waals surface area contributed by atoms with Gasteiger partial charge in [-0.3, -0.25) is 9.59 Å². The van der Waals surface area contributed by atoms with Gasteiger partial charge in [-0.2, -0.15) is 0 Å². The number of carbonyl (C=O) groups is 2. The van der Waals surface area contributed by atoms with Crippen molar-refractivity contribution in [1.82, 2.24) is 5.32 Å². The van der Waals surface area contributed by atoms with Gasteiger partial charge in [-0.1, -0.05) is 13.8 Å². The van der Waals surface area contributed by atoms with Gasteiger partial charge >= 0.3 is 0 Å². The fourth-order valence-electron chi connectivity index (χ4n) is 6.01. The number of hydrogen-bond acceptors (Lipinski definition) is 2. The van der Waals surface area contributed by atoms with Gasteiger partial charge in [-0.15, -0.1) is 0 Å². The lowest BCUT2D eigenvalue weighted by Crippen LogP contribution is -2.57. The molecule has 2 amide bonds. The fraction of sp³-hybridized carbons (Fsp3) is 0.636. The molecule has 1 aromatic carbocycles. The number of halogens is 2. The summed E-state index contributed by atoms with van der Waals surface area (Å²) in [6, 6.07) is 2.53. The van der Waals surface area contributed by atoms with Gasteiger partial charge < -0.3 is 10.6 Å². The molecular weight excluding hydrogens is 362 g/mol. The lowest BCUT2D eigenvalue weighted by molar-refractivity contribution is -0.148.